The number of thioether (sulfide) groups is 1. The van der Waals surface area contributed by atoms with Crippen LogP contribution in [0.25, 0.3) is 11.4 Å². The summed E-state index contributed by atoms with van der Waals surface area (Å²) in [5.74, 6) is 1.66. The van der Waals surface area contributed by atoms with Crippen molar-refractivity contribution in [3.05, 3.63) is 65.3 Å². The minimum atomic E-state index is -0.210. The van der Waals surface area contributed by atoms with E-state index >= 15 is 0 Å². The lowest BCUT2D eigenvalue weighted by molar-refractivity contribution is 0.0758. The molecular weight excluding hydrogens is 456 g/mol. The van der Waals surface area contributed by atoms with Crippen LogP contribution in [-0.2, 0) is 14.2 Å². The van der Waals surface area contributed by atoms with Crippen LogP contribution in [0.4, 0.5) is 11.5 Å². The lowest BCUT2D eigenvalue weighted by Gasteiger charge is -2.37. The van der Waals surface area contributed by atoms with Gasteiger partial charge in [-0.05, 0) is 61.4 Å². The van der Waals surface area contributed by atoms with Gasteiger partial charge >= 0.3 is 0 Å². The highest BCUT2D eigenvalue weighted by molar-refractivity contribution is 8.00. The molecule has 2 aromatic carbocycles. The SMILES string of the molecule is Nc1ccc(-c2nc(N3CCOCC3)cc(C3(Sc4ccc(Cl)cc4)CCOCC3)n2)cc1. The molecule has 0 unspecified atom stereocenters. The molecule has 2 aliphatic rings. The first-order chi connectivity index (χ1) is 16.1. The van der Waals surface area contributed by atoms with E-state index in [4.69, 9.17) is 36.8 Å². The summed E-state index contributed by atoms with van der Waals surface area (Å²) in [7, 11) is 0. The number of halogens is 1. The lowest BCUT2D eigenvalue weighted by atomic mass is 9.94. The second-order valence-corrected chi connectivity index (χ2v) is 10.2. The van der Waals surface area contributed by atoms with Crippen molar-refractivity contribution in [1.82, 2.24) is 9.97 Å². The number of ether oxygens (including phenoxy) is 2. The van der Waals surface area contributed by atoms with Crippen molar-refractivity contribution in [2.24, 2.45) is 0 Å². The van der Waals surface area contributed by atoms with Gasteiger partial charge < -0.3 is 20.1 Å². The van der Waals surface area contributed by atoms with Gasteiger partial charge in [0.25, 0.3) is 0 Å². The van der Waals surface area contributed by atoms with Crippen molar-refractivity contribution in [2.45, 2.75) is 22.5 Å². The van der Waals surface area contributed by atoms with Crippen molar-refractivity contribution in [3.8, 4) is 11.4 Å². The van der Waals surface area contributed by atoms with Gasteiger partial charge in [0.2, 0.25) is 0 Å². The Hall–Kier alpha value is -2.32. The third-order valence-corrected chi connectivity index (χ3v) is 7.88. The van der Waals surface area contributed by atoms with Gasteiger partial charge in [0.1, 0.15) is 5.82 Å². The van der Waals surface area contributed by atoms with Gasteiger partial charge in [-0.25, -0.2) is 9.97 Å². The summed E-state index contributed by atoms with van der Waals surface area (Å²) in [5, 5.41) is 0.739. The van der Waals surface area contributed by atoms with Crippen LogP contribution in [0, 0.1) is 0 Å². The number of anilines is 2. The van der Waals surface area contributed by atoms with Gasteiger partial charge in [-0.2, -0.15) is 0 Å². The predicted molar refractivity (Wildman–Crippen MR) is 134 cm³/mol. The molecule has 2 aliphatic heterocycles. The van der Waals surface area contributed by atoms with Crippen LogP contribution in [0.1, 0.15) is 18.5 Å². The summed E-state index contributed by atoms with van der Waals surface area (Å²) >= 11 is 7.98. The highest BCUT2D eigenvalue weighted by Gasteiger charge is 2.38. The molecular formula is C25H27ClN4O2S. The van der Waals surface area contributed by atoms with Gasteiger partial charge in [-0.3, -0.25) is 0 Å². The Morgan fingerprint density at radius 1 is 0.879 bits per heavy atom. The van der Waals surface area contributed by atoms with Crippen LogP contribution in [0.2, 0.25) is 5.02 Å². The fourth-order valence-corrected chi connectivity index (χ4v) is 5.65. The van der Waals surface area contributed by atoms with E-state index in [1.807, 2.05) is 48.2 Å². The maximum Gasteiger partial charge on any atom is 0.161 e. The molecule has 6 nitrogen and oxygen atoms in total. The second-order valence-electron chi connectivity index (χ2n) is 8.32. The fraction of sp³-hybridized carbons (Fsp3) is 0.360. The van der Waals surface area contributed by atoms with Gasteiger partial charge in [0.05, 0.1) is 23.7 Å². The molecule has 0 aliphatic carbocycles. The Balaban J connectivity index is 1.60. The molecule has 0 spiro atoms. The van der Waals surface area contributed by atoms with Gasteiger partial charge in [-0.1, -0.05) is 11.6 Å². The summed E-state index contributed by atoms with van der Waals surface area (Å²) in [5.41, 5.74) is 8.64. The van der Waals surface area contributed by atoms with Crippen LogP contribution in [0.15, 0.2) is 59.5 Å². The molecule has 0 radical (unpaired) electrons. The molecule has 0 amide bonds. The molecule has 3 aromatic rings. The van der Waals surface area contributed by atoms with Gasteiger partial charge in [0, 0.05) is 53.5 Å². The average molecular weight is 483 g/mol. The quantitative estimate of drug-likeness (QED) is 0.512. The highest BCUT2D eigenvalue weighted by Crippen LogP contribution is 2.48. The maximum absolute atomic E-state index is 6.14. The minimum Gasteiger partial charge on any atom is -0.399 e. The van der Waals surface area contributed by atoms with Crippen LogP contribution in [0.5, 0.6) is 0 Å². The number of hydrogen-bond donors (Lipinski definition) is 1. The van der Waals surface area contributed by atoms with Crippen molar-refractivity contribution in [2.75, 3.05) is 50.2 Å². The van der Waals surface area contributed by atoms with Gasteiger partial charge in [-0.15, -0.1) is 11.8 Å². The molecule has 0 bridgehead atoms. The first kappa shape index (κ1) is 22.5. The molecule has 33 heavy (non-hydrogen) atoms. The van der Waals surface area contributed by atoms with Crippen LogP contribution >= 0.6 is 23.4 Å². The van der Waals surface area contributed by atoms with Crippen LogP contribution in [-0.4, -0.2) is 49.5 Å². The third kappa shape index (κ3) is 5.11. The number of aromatic nitrogens is 2. The fourth-order valence-electron chi connectivity index (χ4n) is 4.22. The average Bonchev–Trinajstić information content (AvgIpc) is 2.87. The van der Waals surface area contributed by atoms with Crippen LogP contribution in [0.3, 0.4) is 0 Å². The van der Waals surface area contributed by atoms with E-state index in [-0.39, 0.29) is 4.75 Å². The first-order valence-electron chi connectivity index (χ1n) is 11.2. The molecule has 8 heteroatoms. The zero-order chi connectivity index (χ0) is 22.7. The molecule has 2 N–H and O–H groups in total. The Kier molecular flexibility index (Phi) is 6.74. The predicted octanol–water partition coefficient (Wildman–Crippen LogP) is 5.01. The van der Waals surface area contributed by atoms with E-state index in [1.165, 1.54) is 4.90 Å². The van der Waals surface area contributed by atoms with Crippen molar-refractivity contribution < 1.29 is 9.47 Å². The number of hydrogen-bond acceptors (Lipinski definition) is 7. The van der Waals surface area contributed by atoms with E-state index < -0.39 is 0 Å². The highest BCUT2D eigenvalue weighted by atomic mass is 35.5. The number of nitrogens with zero attached hydrogens (tertiary/aromatic N) is 3. The van der Waals surface area contributed by atoms with E-state index in [0.29, 0.717) is 26.4 Å². The number of nitrogens with two attached hydrogens (primary N) is 1. The van der Waals surface area contributed by atoms with Crippen molar-refractivity contribution >= 4 is 34.9 Å². The topological polar surface area (TPSA) is 73.5 Å². The van der Waals surface area contributed by atoms with E-state index in [9.17, 15) is 0 Å². The Morgan fingerprint density at radius 3 is 2.24 bits per heavy atom. The molecule has 172 valence electrons. The van der Waals surface area contributed by atoms with E-state index in [2.05, 4.69) is 23.1 Å². The summed E-state index contributed by atoms with van der Waals surface area (Å²) in [6, 6.07) is 18.0. The maximum atomic E-state index is 6.14. The zero-order valence-corrected chi connectivity index (χ0v) is 19.9. The summed E-state index contributed by atoms with van der Waals surface area (Å²) in [6.07, 6.45) is 1.75. The number of benzene rings is 2. The Bertz CT molecular complexity index is 1080. The molecule has 0 saturated carbocycles. The Labute approximate surface area is 203 Å². The van der Waals surface area contributed by atoms with Crippen LogP contribution < -0.4 is 10.6 Å². The normalized spacial score (nSPS) is 18.3. The van der Waals surface area contributed by atoms with E-state index in [0.717, 1.165) is 59.5 Å². The molecule has 0 atom stereocenters. The molecule has 2 fully saturated rings. The van der Waals surface area contributed by atoms with Crippen molar-refractivity contribution in [3.63, 3.8) is 0 Å². The monoisotopic (exact) mass is 482 g/mol. The molecule has 5 rings (SSSR count). The Morgan fingerprint density at radius 2 is 1.55 bits per heavy atom. The zero-order valence-electron chi connectivity index (χ0n) is 18.4. The van der Waals surface area contributed by atoms with Gasteiger partial charge in [0.15, 0.2) is 5.82 Å². The second kappa shape index (κ2) is 9.89. The minimum absolute atomic E-state index is 0.210. The smallest absolute Gasteiger partial charge is 0.161 e. The summed E-state index contributed by atoms with van der Waals surface area (Å²) in [6.45, 7) is 4.45. The number of rotatable bonds is 5. The standard InChI is InChI=1S/C25H27ClN4O2S/c26-19-3-7-21(8-4-19)33-25(9-13-31-14-10-25)22-17-23(30-11-15-32-16-12-30)29-24(28-22)18-1-5-20(27)6-2-18/h1-8,17H,9-16,27H2. The first-order valence-corrected chi connectivity index (χ1v) is 12.4. The lowest BCUT2D eigenvalue weighted by Crippen LogP contribution is -2.38. The number of nitrogen functional groups attached to an aromatic ring is 1. The summed E-state index contributed by atoms with van der Waals surface area (Å²) < 4.78 is 11.1. The van der Waals surface area contributed by atoms with Crippen molar-refractivity contribution in [1.29, 1.82) is 0 Å². The molecule has 3 heterocycles. The largest absolute Gasteiger partial charge is 0.399 e. The molecule has 2 saturated heterocycles. The molecule has 1 aromatic heterocycles. The number of morpholine rings is 1. The van der Waals surface area contributed by atoms with E-state index in [1.54, 1.807) is 0 Å². The summed E-state index contributed by atoms with van der Waals surface area (Å²) in [4.78, 5) is 13.5. The third-order valence-electron chi connectivity index (χ3n) is 6.11.